The number of para-hydroxylation sites is 4. The molecule has 0 aliphatic heterocycles. The van der Waals surface area contributed by atoms with Gasteiger partial charge in [-0.05, 0) is 84.4 Å². The predicted octanol–water partition coefficient (Wildman–Crippen LogP) is 13.6. The topological polar surface area (TPSA) is 32.3 Å². The largest absolute Gasteiger partial charge is 0.311 e. The molecule has 1 aliphatic carbocycles. The summed E-state index contributed by atoms with van der Waals surface area (Å²) in [4.78, 5) is 15.4. The Kier molecular flexibility index (Phi) is 7.77. The van der Waals surface area contributed by atoms with Crippen molar-refractivity contribution in [3.8, 4) is 45.0 Å². The number of benzene rings is 8. The van der Waals surface area contributed by atoms with Crippen LogP contribution >= 0.6 is 0 Å². The minimum Gasteiger partial charge on any atom is -0.311 e. The Hall–Kier alpha value is -7.30. The highest BCUT2D eigenvalue weighted by Gasteiger charge is 2.30. The Balaban J connectivity index is 1.14. The summed E-state index contributed by atoms with van der Waals surface area (Å²) in [6.07, 6.45) is 0. The zero-order valence-corrected chi connectivity index (χ0v) is 29.4. The second-order valence-electron chi connectivity index (χ2n) is 13.4. The van der Waals surface area contributed by atoms with Crippen LogP contribution in [0.3, 0.4) is 0 Å². The summed E-state index contributed by atoms with van der Waals surface area (Å²) in [5, 5.41) is 2.37. The SMILES string of the molecule is c1ccc(-c2nc(-c3ccc(N(c4ccccc4)c4ccccc4)cc3)nc3c2-c2ccc(N(c4ccccc4)c4ccccc4)c4cccc-3c24)cc1. The smallest absolute Gasteiger partial charge is 0.160 e. The predicted molar refractivity (Wildman–Crippen MR) is 224 cm³/mol. The normalized spacial score (nSPS) is 11.3. The summed E-state index contributed by atoms with van der Waals surface area (Å²) in [6.45, 7) is 0. The number of anilines is 6. The Bertz CT molecular complexity index is 2660. The average molecular weight is 691 g/mol. The summed E-state index contributed by atoms with van der Waals surface area (Å²) < 4.78 is 0. The Morgan fingerprint density at radius 1 is 0.315 bits per heavy atom. The van der Waals surface area contributed by atoms with E-state index >= 15 is 0 Å². The fourth-order valence-corrected chi connectivity index (χ4v) is 7.78. The van der Waals surface area contributed by atoms with Crippen LogP contribution in [-0.4, -0.2) is 9.97 Å². The number of aromatic nitrogens is 2. The van der Waals surface area contributed by atoms with E-state index in [-0.39, 0.29) is 0 Å². The van der Waals surface area contributed by atoms with Crippen molar-refractivity contribution < 1.29 is 0 Å². The zero-order valence-electron chi connectivity index (χ0n) is 29.4. The Labute approximate surface area is 314 Å². The molecule has 1 heterocycles. The van der Waals surface area contributed by atoms with Crippen LogP contribution in [0.2, 0.25) is 0 Å². The summed E-state index contributed by atoms with van der Waals surface area (Å²) in [5.74, 6) is 0.699. The molecule has 4 nitrogen and oxygen atoms in total. The van der Waals surface area contributed by atoms with Crippen molar-refractivity contribution in [2.75, 3.05) is 9.80 Å². The molecular formula is C50H34N4. The molecule has 54 heavy (non-hydrogen) atoms. The van der Waals surface area contributed by atoms with Gasteiger partial charge >= 0.3 is 0 Å². The lowest BCUT2D eigenvalue weighted by atomic mass is 9.98. The molecule has 0 spiro atoms. The van der Waals surface area contributed by atoms with Crippen LogP contribution in [0, 0.1) is 0 Å². The number of fused-ring (bicyclic) bond motifs is 3. The monoisotopic (exact) mass is 690 g/mol. The minimum atomic E-state index is 0.699. The van der Waals surface area contributed by atoms with E-state index < -0.39 is 0 Å². The molecule has 254 valence electrons. The van der Waals surface area contributed by atoms with Gasteiger partial charge in [-0.2, -0.15) is 0 Å². The first-order valence-electron chi connectivity index (χ1n) is 18.3. The fraction of sp³-hybridized carbons (Fsp3) is 0. The molecule has 0 saturated heterocycles. The molecule has 0 saturated carbocycles. The molecule has 8 aromatic carbocycles. The van der Waals surface area contributed by atoms with Crippen LogP contribution < -0.4 is 9.80 Å². The first-order chi connectivity index (χ1) is 26.8. The summed E-state index contributed by atoms with van der Waals surface area (Å²) in [5.41, 5.74) is 13.9. The van der Waals surface area contributed by atoms with Crippen LogP contribution in [-0.2, 0) is 0 Å². The molecule has 0 unspecified atom stereocenters. The molecule has 0 bridgehead atoms. The number of rotatable bonds is 8. The van der Waals surface area contributed by atoms with E-state index in [9.17, 15) is 0 Å². The van der Waals surface area contributed by atoms with E-state index in [1.807, 2.05) is 12.1 Å². The molecule has 4 heteroatoms. The molecule has 1 aromatic heterocycles. The molecule has 9 aromatic rings. The van der Waals surface area contributed by atoms with E-state index in [4.69, 9.17) is 9.97 Å². The van der Waals surface area contributed by atoms with Gasteiger partial charge in [0.25, 0.3) is 0 Å². The van der Waals surface area contributed by atoms with E-state index in [1.165, 1.54) is 10.8 Å². The first-order valence-corrected chi connectivity index (χ1v) is 18.3. The van der Waals surface area contributed by atoms with Crippen LogP contribution in [0.4, 0.5) is 34.1 Å². The maximum atomic E-state index is 5.39. The highest BCUT2D eigenvalue weighted by atomic mass is 15.1. The molecule has 0 atom stereocenters. The lowest BCUT2D eigenvalue weighted by Gasteiger charge is -2.27. The standard InChI is InChI=1S/C50H34N4/c1-6-17-35(18-7-1)48-47-43-33-34-45(54(39-23-12-4-13-24-39)40-25-14-5-15-26-40)42-27-16-28-44(46(42)43)49(47)52-50(51-48)36-29-31-41(32-30-36)53(37-19-8-2-9-20-37)38-21-10-3-11-22-38/h1-34H. The van der Waals surface area contributed by atoms with Crippen LogP contribution in [0.25, 0.3) is 55.8 Å². The van der Waals surface area contributed by atoms with Crippen LogP contribution in [0.5, 0.6) is 0 Å². The highest BCUT2D eigenvalue weighted by Crippen LogP contribution is 2.53. The first kappa shape index (κ1) is 31.4. The van der Waals surface area contributed by atoms with Crippen molar-refractivity contribution in [1.29, 1.82) is 0 Å². The maximum Gasteiger partial charge on any atom is 0.160 e. The summed E-state index contributed by atoms with van der Waals surface area (Å²) in [7, 11) is 0. The lowest BCUT2D eigenvalue weighted by Crippen LogP contribution is -2.10. The second-order valence-corrected chi connectivity index (χ2v) is 13.4. The molecule has 0 fully saturated rings. The Morgan fingerprint density at radius 2 is 0.796 bits per heavy atom. The third-order valence-electron chi connectivity index (χ3n) is 10.2. The zero-order chi connectivity index (χ0) is 35.8. The summed E-state index contributed by atoms with van der Waals surface area (Å²) in [6, 6.07) is 72.4. The summed E-state index contributed by atoms with van der Waals surface area (Å²) >= 11 is 0. The quantitative estimate of drug-likeness (QED) is 0.159. The molecule has 0 amide bonds. The maximum absolute atomic E-state index is 5.39. The van der Waals surface area contributed by atoms with Crippen molar-refractivity contribution in [2.24, 2.45) is 0 Å². The van der Waals surface area contributed by atoms with Gasteiger partial charge in [0.15, 0.2) is 5.82 Å². The minimum absolute atomic E-state index is 0.699. The molecule has 10 rings (SSSR count). The third kappa shape index (κ3) is 5.40. The van der Waals surface area contributed by atoms with E-state index in [0.717, 1.165) is 73.3 Å². The van der Waals surface area contributed by atoms with E-state index in [2.05, 4.69) is 204 Å². The van der Waals surface area contributed by atoms with Crippen LogP contribution in [0.15, 0.2) is 206 Å². The van der Waals surface area contributed by atoms with Crippen molar-refractivity contribution in [3.05, 3.63) is 206 Å². The van der Waals surface area contributed by atoms with Gasteiger partial charge in [0.05, 0.1) is 17.1 Å². The van der Waals surface area contributed by atoms with Crippen molar-refractivity contribution in [1.82, 2.24) is 9.97 Å². The van der Waals surface area contributed by atoms with Crippen molar-refractivity contribution in [2.45, 2.75) is 0 Å². The number of hydrogen-bond acceptors (Lipinski definition) is 4. The Morgan fingerprint density at radius 3 is 1.35 bits per heavy atom. The van der Waals surface area contributed by atoms with E-state index in [0.29, 0.717) is 5.82 Å². The van der Waals surface area contributed by atoms with Gasteiger partial charge in [-0.15, -0.1) is 0 Å². The molecular weight excluding hydrogens is 657 g/mol. The molecule has 0 N–H and O–H groups in total. The molecule has 0 radical (unpaired) electrons. The van der Waals surface area contributed by atoms with Crippen molar-refractivity contribution in [3.63, 3.8) is 0 Å². The van der Waals surface area contributed by atoms with E-state index in [1.54, 1.807) is 0 Å². The van der Waals surface area contributed by atoms with Crippen LogP contribution in [0.1, 0.15) is 0 Å². The average Bonchev–Trinajstić information content (AvgIpc) is 3.58. The van der Waals surface area contributed by atoms with Crippen molar-refractivity contribution >= 4 is 44.9 Å². The second kappa shape index (κ2) is 13.4. The van der Waals surface area contributed by atoms with Gasteiger partial charge in [0.1, 0.15) is 0 Å². The fourth-order valence-electron chi connectivity index (χ4n) is 7.78. The van der Waals surface area contributed by atoms with Gasteiger partial charge in [0.2, 0.25) is 0 Å². The lowest BCUT2D eigenvalue weighted by molar-refractivity contribution is 1.19. The van der Waals surface area contributed by atoms with Gasteiger partial charge in [0, 0.05) is 61.5 Å². The van der Waals surface area contributed by atoms with Gasteiger partial charge in [-0.25, -0.2) is 9.97 Å². The number of nitrogens with zero attached hydrogens (tertiary/aromatic N) is 4. The van der Waals surface area contributed by atoms with Gasteiger partial charge < -0.3 is 9.80 Å². The van der Waals surface area contributed by atoms with Gasteiger partial charge in [-0.1, -0.05) is 127 Å². The highest BCUT2D eigenvalue weighted by molar-refractivity contribution is 6.20. The third-order valence-corrected chi connectivity index (χ3v) is 10.2. The molecule has 1 aliphatic rings. The number of hydrogen-bond donors (Lipinski definition) is 0. The van der Waals surface area contributed by atoms with Gasteiger partial charge in [-0.3, -0.25) is 0 Å².